The summed E-state index contributed by atoms with van der Waals surface area (Å²) in [4.78, 5) is 18.6. The summed E-state index contributed by atoms with van der Waals surface area (Å²) in [6, 6.07) is 7.06. The molecule has 0 fully saturated rings. The molecule has 1 aromatic carbocycles. The number of rotatable bonds is 3. The molecule has 4 nitrogen and oxygen atoms in total. The molecule has 0 radical (unpaired) electrons. The van der Waals surface area contributed by atoms with Gasteiger partial charge >= 0.3 is 6.18 Å². The number of pyridine rings is 1. The van der Waals surface area contributed by atoms with Crippen LogP contribution in [0.4, 0.5) is 24.7 Å². The zero-order chi connectivity index (χ0) is 19.6. The predicted molar refractivity (Wildman–Crippen MR) is 102 cm³/mol. The van der Waals surface area contributed by atoms with Crippen LogP contribution in [-0.4, -0.2) is 24.0 Å². The minimum atomic E-state index is -4.51. The fourth-order valence-corrected chi connectivity index (χ4v) is 3.42. The number of alkyl halides is 3. The number of carbonyl (C=O) groups is 1. The Hall–Kier alpha value is -2.06. The van der Waals surface area contributed by atoms with Crippen LogP contribution in [0.5, 0.6) is 0 Å². The van der Waals surface area contributed by atoms with Crippen LogP contribution >= 0.6 is 27.5 Å². The molecule has 0 aliphatic carbocycles. The quantitative estimate of drug-likeness (QED) is 0.677. The third kappa shape index (κ3) is 4.62. The fraction of sp³-hybridized carbons (Fsp3) is 0.222. The second kappa shape index (κ2) is 7.90. The van der Waals surface area contributed by atoms with Gasteiger partial charge in [-0.25, -0.2) is 4.98 Å². The Bertz CT molecular complexity index is 902. The van der Waals surface area contributed by atoms with Gasteiger partial charge in [0, 0.05) is 35.0 Å². The van der Waals surface area contributed by atoms with Crippen molar-refractivity contribution >= 4 is 44.9 Å². The molecular weight excluding hydrogens is 447 g/mol. The Morgan fingerprint density at radius 1 is 1.30 bits per heavy atom. The van der Waals surface area contributed by atoms with Gasteiger partial charge in [-0.05, 0) is 36.8 Å². The molecule has 0 spiro atoms. The number of aromatic nitrogens is 1. The molecule has 0 saturated heterocycles. The highest BCUT2D eigenvalue weighted by atomic mass is 79.9. The van der Waals surface area contributed by atoms with Crippen molar-refractivity contribution in [3.8, 4) is 0 Å². The summed E-state index contributed by atoms with van der Waals surface area (Å²) in [6.45, 7) is 0.970. The molecule has 2 heterocycles. The van der Waals surface area contributed by atoms with Crippen molar-refractivity contribution in [3.63, 3.8) is 0 Å². The van der Waals surface area contributed by atoms with Gasteiger partial charge in [-0.2, -0.15) is 13.2 Å². The van der Waals surface area contributed by atoms with Crippen LogP contribution in [0.1, 0.15) is 12.0 Å². The third-order valence-electron chi connectivity index (χ3n) is 4.07. The van der Waals surface area contributed by atoms with E-state index in [-0.39, 0.29) is 10.2 Å². The van der Waals surface area contributed by atoms with Crippen molar-refractivity contribution in [1.82, 2.24) is 4.98 Å². The van der Waals surface area contributed by atoms with E-state index in [0.717, 1.165) is 6.07 Å². The molecule has 9 heteroatoms. The van der Waals surface area contributed by atoms with Gasteiger partial charge in [0.15, 0.2) is 0 Å². The van der Waals surface area contributed by atoms with Crippen LogP contribution in [0.3, 0.4) is 0 Å². The first-order valence-electron chi connectivity index (χ1n) is 7.98. The second-order valence-corrected chi connectivity index (χ2v) is 7.14. The molecule has 2 aromatic rings. The van der Waals surface area contributed by atoms with Gasteiger partial charge in [0.1, 0.15) is 5.82 Å². The lowest BCUT2D eigenvalue weighted by Gasteiger charge is -2.27. The van der Waals surface area contributed by atoms with Crippen LogP contribution in [0, 0.1) is 0 Å². The number of nitrogens with one attached hydrogen (secondary N) is 1. The van der Waals surface area contributed by atoms with Gasteiger partial charge < -0.3 is 10.2 Å². The van der Waals surface area contributed by atoms with E-state index in [9.17, 15) is 18.0 Å². The van der Waals surface area contributed by atoms with E-state index in [1.54, 1.807) is 24.4 Å². The number of benzene rings is 1. The number of hydrogen-bond acceptors (Lipinski definition) is 3. The summed E-state index contributed by atoms with van der Waals surface area (Å²) in [5, 5.41) is 3.05. The Morgan fingerprint density at radius 2 is 2.07 bits per heavy atom. The first-order valence-corrected chi connectivity index (χ1v) is 9.15. The summed E-state index contributed by atoms with van der Waals surface area (Å²) in [7, 11) is 0. The lowest BCUT2D eigenvalue weighted by molar-refractivity contribution is -0.138. The first kappa shape index (κ1) is 19.7. The smallest absolute Gasteiger partial charge is 0.351 e. The molecule has 0 atom stereocenters. The Labute approximate surface area is 167 Å². The van der Waals surface area contributed by atoms with Crippen molar-refractivity contribution in [3.05, 3.63) is 63.2 Å². The second-order valence-electron chi connectivity index (χ2n) is 5.88. The molecule has 0 unspecified atom stereocenters. The summed E-state index contributed by atoms with van der Waals surface area (Å²) >= 11 is 9.01. The monoisotopic (exact) mass is 459 g/mol. The Morgan fingerprint density at radius 3 is 2.70 bits per heavy atom. The van der Waals surface area contributed by atoms with Gasteiger partial charge in [-0.15, -0.1) is 0 Å². The SMILES string of the molecule is O=C(Nc1ccc(Br)c(C(F)(F)F)c1)C1=CCN(c2ncccc2Cl)CC1. The summed E-state index contributed by atoms with van der Waals surface area (Å²) in [5.74, 6) is 0.217. The maximum atomic E-state index is 13.0. The van der Waals surface area contributed by atoms with Crippen LogP contribution in [-0.2, 0) is 11.0 Å². The molecule has 3 rings (SSSR count). The lowest BCUT2D eigenvalue weighted by atomic mass is 10.1. The number of amides is 1. The topological polar surface area (TPSA) is 45.2 Å². The highest BCUT2D eigenvalue weighted by Crippen LogP contribution is 2.36. The summed E-state index contributed by atoms with van der Waals surface area (Å²) in [5.41, 5.74) is -0.240. The van der Waals surface area contributed by atoms with Crippen molar-refractivity contribution in [2.75, 3.05) is 23.3 Å². The predicted octanol–water partition coefficient (Wildman–Crippen LogP) is 5.29. The van der Waals surface area contributed by atoms with E-state index in [1.165, 1.54) is 12.1 Å². The van der Waals surface area contributed by atoms with E-state index in [2.05, 4.69) is 26.2 Å². The molecule has 1 aliphatic heterocycles. The normalized spacial score (nSPS) is 14.7. The van der Waals surface area contributed by atoms with Crippen LogP contribution in [0.2, 0.25) is 5.02 Å². The number of carbonyl (C=O) groups excluding carboxylic acids is 1. The van der Waals surface area contributed by atoms with Crippen molar-refractivity contribution in [2.45, 2.75) is 12.6 Å². The highest BCUT2D eigenvalue weighted by Gasteiger charge is 2.33. The Kier molecular flexibility index (Phi) is 5.76. The standard InChI is InChI=1S/C18H14BrClF3N3O/c19-14-4-3-12(10-13(14)18(21,22)23)25-17(27)11-5-8-26(9-6-11)16-15(20)2-1-7-24-16/h1-5,7,10H,6,8-9H2,(H,25,27). The summed E-state index contributed by atoms with van der Waals surface area (Å²) in [6.07, 6.45) is -0.709. The minimum Gasteiger partial charge on any atom is -0.351 e. The van der Waals surface area contributed by atoms with Gasteiger partial charge in [-0.1, -0.05) is 33.6 Å². The van der Waals surface area contributed by atoms with Crippen LogP contribution in [0.25, 0.3) is 0 Å². The molecule has 1 N–H and O–H groups in total. The highest BCUT2D eigenvalue weighted by molar-refractivity contribution is 9.10. The third-order valence-corrected chi connectivity index (χ3v) is 5.06. The molecule has 0 saturated carbocycles. The molecule has 1 amide bonds. The number of nitrogens with zero attached hydrogens (tertiary/aromatic N) is 2. The zero-order valence-corrected chi connectivity index (χ0v) is 16.2. The molecule has 1 aromatic heterocycles. The first-order chi connectivity index (χ1) is 12.8. The molecule has 1 aliphatic rings. The minimum absolute atomic E-state index is 0.0761. The van der Waals surface area contributed by atoms with Crippen molar-refractivity contribution in [2.24, 2.45) is 0 Å². The largest absolute Gasteiger partial charge is 0.417 e. The van der Waals surface area contributed by atoms with Gasteiger partial charge in [0.05, 0.1) is 10.6 Å². The van der Waals surface area contributed by atoms with Crippen molar-refractivity contribution in [1.29, 1.82) is 0 Å². The summed E-state index contributed by atoms with van der Waals surface area (Å²) < 4.78 is 38.9. The maximum Gasteiger partial charge on any atom is 0.417 e. The van der Waals surface area contributed by atoms with E-state index in [0.29, 0.717) is 35.9 Å². The average molecular weight is 461 g/mol. The molecule has 142 valence electrons. The maximum absolute atomic E-state index is 13.0. The lowest BCUT2D eigenvalue weighted by Crippen LogP contribution is -2.32. The molecule has 0 bridgehead atoms. The van der Waals surface area contributed by atoms with Crippen LogP contribution < -0.4 is 10.2 Å². The van der Waals surface area contributed by atoms with Gasteiger partial charge in [-0.3, -0.25) is 4.79 Å². The van der Waals surface area contributed by atoms with E-state index in [1.807, 2.05) is 4.90 Å². The zero-order valence-electron chi connectivity index (χ0n) is 13.9. The molecule has 27 heavy (non-hydrogen) atoms. The van der Waals surface area contributed by atoms with E-state index >= 15 is 0 Å². The molecular formula is C18H14BrClF3N3O. The number of hydrogen-bond donors (Lipinski definition) is 1. The van der Waals surface area contributed by atoms with Gasteiger partial charge in [0.2, 0.25) is 0 Å². The van der Waals surface area contributed by atoms with Crippen LogP contribution in [0.15, 0.2) is 52.7 Å². The van der Waals surface area contributed by atoms with Gasteiger partial charge in [0.25, 0.3) is 5.91 Å². The van der Waals surface area contributed by atoms with E-state index < -0.39 is 17.6 Å². The number of anilines is 2. The fourth-order valence-electron chi connectivity index (χ4n) is 2.71. The van der Waals surface area contributed by atoms with Crippen molar-refractivity contribution < 1.29 is 18.0 Å². The average Bonchev–Trinajstić information content (AvgIpc) is 2.63. The van der Waals surface area contributed by atoms with E-state index in [4.69, 9.17) is 11.6 Å². The number of halogens is 5. The Balaban J connectivity index is 1.70.